The SMILES string of the molecule is NC(N)=NCCC[C@H](NC(=O)c1ccn(C(c2ccccc2)c2ccccc2)c(=O)c1)C(=O)O.O=C(O)C(F)(F)F. The van der Waals surface area contributed by atoms with Gasteiger partial charge < -0.3 is 31.6 Å². The summed E-state index contributed by atoms with van der Waals surface area (Å²) in [4.78, 5) is 50.0. The standard InChI is InChI=1S/C25H27N5O4.C2HF3O2/c26-25(27)28-14-7-12-20(24(33)34)29-23(32)19-13-15-30(21(31)16-19)22(17-8-3-1-4-9-17)18-10-5-2-6-11-18;3-2(4,5)1(6)7/h1-6,8-11,13,15-16,20,22H,7,12,14H2,(H,29,32)(H,33,34)(H4,26,27,28);(H,6,7)/t20-;/m0./s1. The third kappa shape index (κ3) is 10.2. The summed E-state index contributed by atoms with van der Waals surface area (Å²) in [6.07, 6.45) is -3.03. The zero-order valence-electron chi connectivity index (χ0n) is 21.5. The molecule has 7 N–H and O–H groups in total. The van der Waals surface area contributed by atoms with E-state index in [1.165, 1.54) is 12.1 Å². The molecule has 41 heavy (non-hydrogen) atoms. The number of aliphatic carboxylic acids is 2. The van der Waals surface area contributed by atoms with Gasteiger partial charge in [0.15, 0.2) is 5.96 Å². The molecule has 3 aromatic rings. The minimum absolute atomic E-state index is 0.0802. The molecule has 0 fully saturated rings. The number of nitrogens with zero attached hydrogens (tertiary/aromatic N) is 2. The smallest absolute Gasteiger partial charge is 0.480 e. The topological polar surface area (TPSA) is 190 Å². The zero-order chi connectivity index (χ0) is 30.6. The number of nitrogens with one attached hydrogen (secondary N) is 1. The number of carboxylic acid groups (broad SMARTS) is 2. The molecule has 0 spiro atoms. The normalized spacial score (nSPS) is 11.5. The zero-order valence-corrected chi connectivity index (χ0v) is 21.5. The minimum atomic E-state index is -5.08. The highest BCUT2D eigenvalue weighted by Gasteiger charge is 2.38. The highest BCUT2D eigenvalue weighted by atomic mass is 19.4. The summed E-state index contributed by atoms with van der Waals surface area (Å²) in [5.74, 6) is -4.66. The average Bonchev–Trinajstić information content (AvgIpc) is 2.92. The molecule has 0 saturated heterocycles. The quantitative estimate of drug-likeness (QED) is 0.138. The Morgan fingerprint density at radius 1 is 0.927 bits per heavy atom. The van der Waals surface area contributed by atoms with Gasteiger partial charge >= 0.3 is 18.1 Å². The van der Waals surface area contributed by atoms with Crippen LogP contribution >= 0.6 is 0 Å². The van der Waals surface area contributed by atoms with E-state index in [2.05, 4.69) is 10.3 Å². The van der Waals surface area contributed by atoms with Crippen molar-refractivity contribution < 1.29 is 37.8 Å². The molecule has 218 valence electrons. The van der Waals surface area contributed by atoms with Crippen molar-refractivity contribution in [2.24, 2.45) is 16.5 Å². The van der Waals surface area contributed by atoms with E-state index in [9.17, 15) is 32.7 Å². The van der Waals surface area contributed by atoms with Crippen molar-refractivity contribution >= 4 is 23.8 Å². The first-order valence-electron chi connectivity index (χ1n) is 12.0. The maximum Gasteiger partial charge on any atom is 0.490 e. The number of nitrogens with two attached hydrogens (primary N) is 2. The lowest BCUT2D eigenvalue weighted by Gasteiger charge is -2.21. The van der Waals surface area contributed by atoms with E-state index in [1.807, 2.05) is 60.7 Å². The number of pyridine rings is 1. The van der Waals surface area contributed by atoms with Crippen LogP contribution in [0.1, 0.15) is 40.4 Å². The maximum absolute atomic E-state index is 13.1. The number of carbonyl (C=O) groups is 3. The Morgan fingerprint density at radius 3 is 1.85 bits per heavy atom. The fourth-order valence-corrected chi connectivity index (χ4v) is 3.63. The summed E-state index contributed by atoms with van der Waals surface area (Å²) in [5, 5.41) is 19.0. The summed E-state index contributed by atoms with van der Waals surface area (Å²) in [5.41, 5.74) is 12.0. The van der Waals surface area contributed by atoms with Gasteiger partial charge in [-0.15, -0.1) is 0 Å². The molecule has 0 aliphatic carbocycles. The molecule has 0 radical (unpaired) electrons. The maximum atomic E-state index is 13.1. The van der Waals surface area contributed by atoms with Crippen molar-refractivity contribution in [2.45, 2.75) is 31.1 Å². The number of halogens is 3. The molecule has 2 aromatic carbocycles. The lowest BCUT2D eigenvalue weighted by atomic mass is 9.98. The number of hydrogen-bond acceptors (Lipinski definition) is 5. The second kappa shape index (κ2) is 14.9. The molecule has 0 saturated carbocycles. The lowest BCUT2D eigenvalue weighted by molar-refractivity contribution is -0.192. The van der Waals surface area contributed by atoms with Crippen LogP contribution in [-0.4, -0.2) is 57.3 Å². The van der Waals surface area contributed by atoms with Crippen molar-refractivity contribution in [3.05, 3.63) is 106 Å². The number of benzene rings is 2. The van der Waals surface area contributed by atoms with Crippen molar-refractivity contribution in [1.29, 1.82) is 0 Å². The predicted octanol–water partition coefficient (Wildman–Crippen LogP) is 2.36. The first-order chi connectivity index (χ1) is 19.3. The molecule has 0 bridgehead atoms. The van der Waals surface area contributed by atoms with Crippen molar-refractivity contribution in [1.82, 2.24) is 9.88 Å². The van der Waals surface area contributed by atoms with E-state index in [0.29, 0.717) is 6.42 Å². The molecule has 1 atom stereocenters. The van der Waals surface area contributed by atoms with Gasteiger partial charge in [-0.05, 0) is 30.0 Å². The Hall–Kier alpha value is -5.14. The van der Waals surface area contributed by atoms with Crippen LogP contribution < -0.4 is 22.3 Å². The van der Waals surface area contributed by atoms with Crippen LogP contribution in [0.15, 0.2) is 88.8 Å². The van der Waals surface area contributed by atoms with Gasteiger partial charge in [0.25, 0.3) is 11.5 Å². The van der Waals surface area contributed by atoms with E-state index in [0.717, 1.165) is 11.1 Å². The van der Waals surface area contributed by atoms with E-state index in [1.54, 1.807) is 10.8 Å². The summed E-state index contributed by atoms with van der Waals surface area (Å²) >= 11 is 0. The number of carbonyl (C=O) groups excluding carboxylic acids is 1. The van der Waals surface area contributed by atoms with Gasteiger partial charge in [0.2, 0.25) is 0 Å². The molecular weight excluding hydrogens is 547 g/mol. The lowest BCUT2D eigenvalue weighted by Crippen LogP contribution is -2.41. The summed E-state index contributed by atoms with van der Waals surface area (Å²) < 4.78 is 33.3. The van der Waals surface area contributed by atoms with Crippen molar-refractivity contribution in [3.8, 4) is 0 Å². The molecule has 14 heteroatoms. The number of carboxylic acids is 2. The van der Waals surface area contributed by atoms with Crippen molar-refractivity contribution in [3.63, 3.8) is 0 Å². The fraction of sp³-hybridized carbons (Fsp3) is 0.222. The largest absolute Gasteiger partial charge is 0.490 e. The first kappa shape index (κ1) is 32.1. The van der Waals surface area contributed by atoms with Crippen LogP contribution in [0.5, 0.6) is 0 Å². The van der Waals surface area contributed by atoms with Crippen LogP contribution in [0.2, 0.25) is 0 Å². The molecule has 0 unspecified atom stereocenters. The molecule has 0 aliphatic heterocycles. The number of guanidine groups is 1. The minimum Gasteiger partial charge on any atom is -0.480 e. The second-order valence-electron chi connectivity index (χ2n) is 8.50. The summed E-state index contributed by atoms with van der Waals surface area (Å²) in [7, 11) is 0. The van der Waals surface area contributed by atoms with Gasteiger partial charge in [-0.2, -0.15) is 13.2 Å². The van der Waals surface area contributed by atoms with Gasteiger partial charge in [-0.25, -0.2) is 9.59 Å². The molecule has 1 heterocycles. The van der Waals surface area contributed by atoms with Crippen LogP contribution in [0.25, 0.3) is 0 Å². The van der Waals surface area contributed by atoms with Crippen molar-refractivity contribution in [2.75, 3.05) is 6.54 Å². The monoisotopic (exact) mass is 575 g/mol. The van der Waals surface area contributed by atoms with Gasteiger partial charge in [0, 0.05) is 24.4 Å². The fourth-order valence-electron chi connectivity index (χ4n) is 3.63. The second-order valence-corrected chi connectivity index (χ2v) is 8.50. The average molecular weight is 576 g/mol. The third-order valence-corrected chi connectivity index (χ3v) is 5.51. The number of hydrogen-bond donors (Lipinski definition) is 5. The third-order valence-electron chi connectivity index (χ3n) is 5.51. The Morgan fingerprint density at radius 2 is 1.44 bits per heavy atom. The first-order valence-corrected chi connectivity index (χ1v) is 12.0. The number of amides is 1. The Balaban J connectivity index is 0.000000745. The Labute approximate surface area is 231 Å². The summed E-state index contributed by atoms with van der Waals surface area (Å²) in [6.45, 7) is 0.248. The van der Waals surface area contributed by atoms with Gasteiger partial charge in [-0.1, -0.05) is 60.7 Å². The van der Waals surface area contributed by atoms with Gasteiger partial charge in [0.1, 0.15) is 6.04 Å². The number of aliphatic imine (C=N–C) groups is 1. The van der Waals surface area contributed by atoms with Crippen LogP contribution in [-0.2, 0) is 9.59 Å². The molecule has 1 aromatic heterocycles. The van der Waals surface area contributed by atoms with E-state index >= 15 is 0 Å². The van der Waals surface area contributed by atoms with E-state index in [-0.39, 0.29) is 36.1 Å². The Kier molecular flexibility index (Phi) is 11.6. The van der Waals surface area contributed by atoms with Gasteiger partial charge in [-0.3, -0.25) is 14.6 Å². The molecule has 0 aliphatic rings. The number of rotatable bonds is 10. The predicted molar refractivity (Wildman–Crippen MR) is 143 cm³/mol. The Bertz CT molecular complexity index is 1370. The summed E-state index contributed by atoms with van der Waals surface area (Å²) in [6, 6.07) is 20.4. The van der Waals surface area contributed by atoms with Gasteiger partial charge in [0.05, 0.1) is 6.04 Å². The molecule has 1 amide bonds. The molecule has 11 nitrogen and oxygen atoms in total. The highest BCUT2D eigenvalue weighted by molar-refractivity contribution is 5.96. The van der Waals surface area contributed by atoms with Crippen LogP contribution in [0, 0.1) is 0 Å². The van der Waals surface area contributed by atoms with E-state index in [4.69, 9.17) is 21.4 Å². The highest BCUT2D eigenvalue weighted by Crippen LogP contribution is 2.25. The molecule has 3 rings (SSSR count). The number of alkyl halides is 3. The van der Waals surface area contributed by atoms with Crippen LogP contribution in [0.3, 0.4) is 0 Å². The van der Waals surface area contributed by atoms with E-state index < -0.39 is 30.1 Å². The van der Waals surface area contributed by atoms with Crippen LogP contribution in [0.4, 0.5) is 13.2 Å². The molecular formula is C27H28F3N5O6. The number of aromatic nitrogens is 1.